The first kappa shape index (κ1) is 18.5. The third-order valence-corrected chi connectivity index (χ3v) is 6.64. The second-order valence-electron chi connectivity index (χ2n) is 6.21. The zero-order chi connectivity index (χ0) is 19.7. The lowest BCUT2D eigenvalue weighted by atomic mass is 10.1. The molecule has 2 aromatic heterocycles. The van der Waals surface area contributed by atoms with Gasteiger partial charge in [-0.05, 0) is 25.1 Å². The SMILES string of the molecule is C=CCn1c(-c2c(C)oc3ccccc23)cs/c1=N\S(=O)(=O)c1ccccc1. The summed E-state index contributed by atoms with van der Waals surface area (Å²) in [6, 6.07) is 16.0. The van der Waals surface area contributed by atoms with Gasteiger partial charge in [0.1, 0.15) is 11.3 Å². The second kappa shape index (κ2) is 7.26. The van der Waals surface area contributed by atoms with E-state index in [2.05, 4.69) is 11.0 Å². The van der Waals surface area contributed by atoms with E-state index in [9.17, 15) is 8.42 Å². The van der Waals surface area contributed by atoms with E-state index in [4.69, 9.17) is 4.42 Å². The van der Waals surface area contributed by atoms with E-state index in [0.717, 1.165) is 28.0 Å². The molecule has 0 spiro atoms. The molecule has 7 heteroatoms. The van der Waals surface area contributed by atoms with E-state index in [1.165, 1.54) is 11.3 Å². The van der Waals surface area contributed by atoms with Crippen LogP contribution < -0.4 is 4.80 Å². The average Bonchev–Trinajstić information content (AvgIpc) is 3.22. The van der Waals surface area contributed by atoms with Crippen LogP contribution in [0, 0.1) is 6.92 Å². The first-order valence-electron chi connectivity index (χ1n) is 8.65. The Kier molecular flexibility index (Phi) is 4.78. The molecule has 2 aromatic carbocycles. The van der Waals surface area contributed by atoms with E-state index in [-0.39, 0.29) is 4.90 Å². The summed E-state index contributed by atoms with van der Waals surface area (Å²) in [5.74, 6) is 0.772. The van der Waals surface area contributed by atoms with E-state index in [1.54, 1.807) is 36.4 Å². The monoisotopic (exact) mass is 410 g/mol. The number of hydrogen-bond acceptors (Lipinski definition) is 4. The summed E-state index contributed by atoms with van der Waals surface area (Å²) >= 11 is 1.28. The van der Waals surface area contributed by atoms with Crippen molar-refractivity contribution in [3.63, 3.8) is 0 Å². The Morgan fingerprint density at radius 1 is 1.14 bits per heavy atom. The third kappa shape index (κ3) is 3.23. The number of sulfonamides is 1. The lowest BCUT2D eigenvalue weighted by Gasteiger charge is -2.06. The van der Waals surface area contributed by atoms with E-state index >= 15 is 0 Å². The predicted molar refractivity (Wildman–Crippen MR) is 112 cm³/mol. The Morgan fingerprint density at radius 2 is 1.86 bits per heavy atom. The summed E-state index contributed by atoms with van der Waals surface area (Å²) in [5.41, 5.74) is 2.59. The zero-order valence-corrected chi connectivity index (χ0v) is 16.8. The standard InChI is InChI=1S/C21H18N2O3S2/c1-3-13-23-18(20-15(2)26-19-12-8-7-11-17(19)20)14-27-21(23)22-28(24,25)16-9-5-4-6-10-16/h3-12,14H,1,13H2,2H3/b22-21-. The van der Waals surface area contributed by atoms with Gasteiger partial charge in [-0.1, -0.05) is 42.5 Å². The van der Waals surface area contributed by atoms with Crippen LogP contribution in [0.4, 0.5) is 0 Å². The Bertz CT molecular complexity index is 1330. The Balaban J connectivity index is 1.94. The highest BCUT2D eigenvalue weighted by atomic mass is 32.2. The quantitative estimate of drug-likeness (QED) is 0.446. The fraction of sp³-hybridized carbons (Fsp3) is 0.0952. The van der Waals surface area contributed by atoms with Crippen molar-refractivity contribution < 1.29 is 12.8 Å². The molecule has 4 rings (SSSR count). The number of para-hydroxylation sites is 1. The molecule has 4 aromatic rings. The first-order valence-corrected chi connectivity index (χ1v) is 11.0. The van der Waals surface area contributed by atoms with Crippen molar-refractivity contribution in [2.75, 3.05) is 0 Å². The molecule has 0 saturated carbocycles. The molecule has 0 aliphatic carbocycles. The highest BCUT2D eigenvalue weighted by molar-refractivity contribution is 7.90. The molecule has 28 heavy (non-hydrogen) atoms. The molecule has 0 bridgehead atoms. The molecule has 0 amide bonds. The molecular weight excluding hydrogens is 392 g/mol. The number of nitrogens with zero attached hydrogens (tertiary/aromatic N) is 2. The van der Waals surface area contributed by atoms with Gasteiger partial charge in [0.05, 0.1) is 10.6 Å². The van der Waals surface area contributed by atoms with E-state index < -0.39 is 10.0 Å². The highest BCUT2D eigenvalue weighted by Gasteiger charge is 2.19. The highest BCUT2D eigenvalue weighted by Crippen LogP contribution is 2.34. The summed E-state index contributed by atoms with van der Waals surface area (Å²) in [7, 11) is -3.81. The Labute approximate surface area is 167 Å². The van der Waals surface area contributed by atoms with Crippen LogP contribution in [0.3, 0.4) is 0 Å². The first-order chi connectivity index (χ1) is 13.5. The molecule has 0 atom stereocenters. The van der Waals surface area contributed by atoms with Gasteiger partial charge in [0, 0.05) is 22.9 Å². The predicted octanol–water partition coefficient (Wildman–Crippen LogP) is 4.75. The average molecular weight is 411 g/mol. The Hall–Kier alpha value is -2.90. The molecule has 2 heterocycles. The fourth-order valence-corrected chi connectivity index (χ4v) is 5.28. The summed E-state index contributed by atoms with van der Waals surface area (Å²) in [5, 5.41) is 2.89. The number of thiazole rings is 1. The van der Waals surface area contributed by atoms with Crippen molar-refractivity contribution in [1.29, 1.82) is 0 Å². The van der Waals surface area contributed by atoms with Crippen molar-refractivity contribution >= 4 is 32.3 Å². The number of aromatic nitrogens is 1. The van der Waals surface area contributed by atoms with Crippen LogP contribution in [0.2, 0.25) is 0 Å². The molecule has 0 fully saturated rings. The molecule has 0 N–H and O–H groups in total. The minimum Gasteiger partial charge on any atom is -0.461 e. The molecule has 5 nitrogen and oxygen atoms in total. The molecule has 0 aliphatic rings. The maximum absolute atomic E-state index is 12.7. The minimum atomic E-state index is -3.81. The smallest absolute Gasteiger partial charge is 0.285 e. The van der Waals surface area contributed by atoms with Crippen LogP contribution in [-0.4, -0.2) is 13.0 Å². The van der Waals surface area contributed by atoms with Gasteiger partial charge < -0.3 is 8.98 Å². The van der Waals surface area contributed by atoms with Gasteiger partial charge in [-0.25, -0.2) is 0 Å². The van der Waals surface area contributed by atoms with E-state index in [1.807, 2.05) is 41.1 Å². The van der Waals surface area contributed by atoms with E-state index in [0.29, 0.717) is 11.3 Å². The van der Waals surface area contributed by atoms with Gasteiger partial charge >= 0.3 is 0 Å². The number of hydrogen-bond donors (Lipinski definition) is 0. The lowest BCUT2D eigenvalue weighted by Crippen LogP contribution is -2.17. The van der Waals surface area contributed by atoms with Crippen LogP contribution in [0.5, 0.6) is 0 Å². The van der Waals surface area contributed by atoms with Crippen LogP contribution >= 0.6 is 11.3 Å². The van der Waals surface area contributed by atoms with Gasteiger partial charge in [0.15, 0.2) is 0 Å². The topological polar surface area (TPSA) is 64.6 Å². The maximum atomic E-state index is 12.7. The van der Waals surface area contributed by atoms with Crippen LogP contribution in [-0.2, 0) is 16.6 Å². The number of furan rings is 1. The molecular formula is C21H18N2O3S2. The van der Waals surface area contributed by atoms with Crippen molar-refractivity contribution in [2.24, 2.45) is 4.40 Å². The van der Waals surface area contributed by atoms with Crippen LogP contribution in [0.15, 0.2) is 86.3 Å². The molecule has 0 radical (unpaired) electrons. The largest absolute Gasteiger partial charge is 0.461 e. The summed E-state index contributed by atoms with van der Waals surface area (Å²) in [6.07, 6.45) is 1.72. The van der Waals surface area contributed by atoms with Gasteiger partial charge in [-0.2, -0.15) is 8.42 Å². The maximum Gasteiger partial charge on any atom is 0.285 e. The number of rotatable bonds is 5. The van der Waals surface area contributed by atoms with Crippen molar-refractivity contribution in [3.8, 4) is 11.3 Å². The summed E-state index contributed by atoms with van der Waals surface area (Å²) < 4.78 is 37.3. The number of allylic oxidation sites excluding steroid dienone is 1. The van der Waals surface area contributed by atoms with Gasteiger partial charge in [0.2, 0.25) is 4.80 Å². The Morgan fingerprint density at radius 3 is 2.61 bits per heavy atom. The van der Waals surface area contributed by atoms with Crippen molar-refractivity contribution in [2.45, 2.75) is 18.4 Å². The van der Waals surface area contributed by atoms with Crippen molar-refractivity contribution in [3.05, 3.63) is 83.2 Å². The minimum absolute atomic E-state index is 0.167. The molecule has 142 valence electrons. The van der Waals surface area contributed by atoms with Crippen molar-refractivity contribution in [1.82, 2.24) is 4.57 Å². The van der Waals surface area contributed by atoms with Crippen LogP contribution in [0.25, 0.3) is 22.2 Å². The second-order valence-corrected chi connectivity index (χ2v) is 8.65. The number of aryl methyl sites for hydroxylation is 1. The number of fused-ring (bicyclic) bond motifs is 1. The van der Waals surface area contributed by atoms with Gasteiger partial charge in [-0.3, -0.25) is 0 Å². The molecule has 0 unspecified atom stereocenters. The van der Waals surface area contributed by atoms with Crippen LogP contribution in [0.1, 0.15) is 5.76 Å². The van der Waals surface area contributed by atoms with Gasteiger partial charge in [-0.15, -0.1) is 22.3 Å². The third-order valence-electron chi connectivity index (χ3n) is 4.38. The zero-order valence-electron chi connectivity index (χ0n) is 15.2. The lowest BCUT2D eigenvalue weighted by molar-refractivity contribution is 0.579. The van der Waals surface area contributed by atoms with Gasteiger partial charge in [0.25, 0.3) is 10.0 Å². The summed E-state index contributed by atoms with van der Waals surface area (Å²) in [4.78, 5) is 0.559. The molecule has 0 saturated heterocycles. The summed E-state index contributed by atoms with van der Waals surface area (Å²) in [6.45, 7) is 6.14. The molecule has 0 aliphatic heterocycles. The fourth-order valence-electron chi connectivity index (χ4n) is 3.14. The normalized spacial score (nSPS) is 12.5. The number of benzene rings is 2.